The van der Waals surface area contributed by atoms with Crippen LogP contribution in [0.2, 0.25) is 0 Å². The number of benzene rings is 6. The lowest BCUT2D eigenvalue weighted by molar-refractivity contribution is 0.266. The van der Waals surface area contributed by atoms with E-state index in [2.05, 4.69) is 173 Å². The molecule has 0 heterocycles. The number of anilines is 6. The van der Waals surface area contributed by atoms with E-state index in [0.717, 1.165) is 0 Å². The topological polar surface area (TPSA) is 6.48 Å². The Balaban J connectivity index is 1.26. The number of rotatable bonds is 18. The Morgan fingerprint density at radius 2 is 0.787 bits per heavy atom. The molecule has 6 aromatic rings. The van der Waals surface area contributed by atoms with Crippen molar-refractivity contribution in [2.24, 2.45) is 11.8 Å². The summed E-state index contributed by atoms with van der Waals surface area (Å²) in [4.78, 5) is 5.09. The van der Waals surface area contributed by atoms with Gasteiger partial charge < -0.3 is 9.80 Å². The normalized spacial score (nSPS) is 15.1. The molecule has 0 bridgehead atoms. The summed E-state index contributed by atoms with van der Waals surface area (Å²) >= 11 is 0. The van der Waals surface area contributed by atoms with E-state index >= 15 is 0 Å². The molecule has 6 aromatic carbocycles. The molecular formula is C59H68N2. The lowest BCUT2D eigenvalue weighted by Gasteiger charge is -2.39. The maximum atomic E-state index is 2.65. The first-order valence-corrected chi connectivity index (χ1v) is 24.1. The van der Waals surface area contributed by atoms with E-state index in [1.807, 2.05) is 0 Å². The van der Waals surface area contributed by atoms with Gasteiger partial charge in [0.1, 0.15) is 0 Å². The van der Waals surface area contributed by atoms with Crippen LogP contribution in [0.15, 0.2) is 121 Å². The maximum Gasteiger partial charge on any atom is 0.0465 e. The molecule has 0 fully saturated rings. The molecule has 314 valence electrons. The van der Waals surface area contributed by atoms with Gasteiger partial charge in [0.05, 0.1) is 0 Å². The van der Waals surface area contributed by atoms with Crippen LogP contribution in [0.3, 0.4) is 0 Å². The Bertz CT molecular complexity index is 2300. The van der Waals surface area contributed by atoms with Gasteiger partial charge in [0.2, 0.25) is 0 Å². The van der Waals surface area contributed by atoms with E-state index in [1.54, 1.807) is 11.1 Å². The van der Waals surface area contributed by atoms with Gasteiger partial charge in [0.15, 0.2) is 0 Å². The first-order chi connectivity index (χ1) is 29.8. The largest absolute Gasteiger partial charge is 0.310 e. The number of fused-ring (bicyclic) bond motifs is 5. The van der Waals surface area contributed by atoms with Crippen molar-refractivity contribution in [3.8, 4) is 11.1 Å². The second-order valence-corrected chi connectivity index (χ2v) is 19.0. The summed E-state index contributed by atoms with van der Waals surface area (Å²) in [7, 11) is 0. The fourth-order valence-electron chi connectivity index (χ4n) is 11.1. The Labute approximate surface area is 368 Å². The lowest BCUT2D eigenvalue weighted by Crippen LogP contribution is -2.32. The van der Waals surface area contributed by atoms with Crippen LogP contribution in [0, 0.1) is 25.7 Å². The number of hydrogen-bond acceptors (Lipinski definition) is 2. The molecule has 2 nitrogen and oxygen atoms in total. The highest BCUT2D eigenvalue weighted by Crippen LogP contribution is 2.59. The lowest BCUT2D eigenvalue weighted by atomic mass is 9.65. The third-order valence-electron chi connectivity index (χ3n) is 15.0. The molecule has 2 unspecified atom stereocenters. The van der Waals surface area contributed by atoms with Crippen molar-refractivity contribution < 1.29 is 0 Å². The SMILES string of the molecule is CCCCC(CC)CC1(CC(CC)CCCC)c2cc(N(c3ccc(C)cc3)c3ccc4c(c3)CC4)ccc2-c2ccc(N(c3ccc(C)cc3)c3ccc4c(c3)CC4)cc21. The summed E-state index contributed by atoms with van der Waals surface area (Å²) in [5.74, 6) is 1.30. The van der Waals surface area contributed by atoms with Crippen LogP contribution in [0.25, 0.3) is 11.1 Å². The van der Waals surface area contributed by atoms with Gasteiger partial charge >= 0.3 is 0 Å². The van der Waals surface area contributed by atoms with Gasteiger partial charge in [-0.15, -0.1) is 0 Å². The van der Waals surface area contributed by atoms with Crippen LogP contribution in [-0.4, -0.2) is 0 Å². The van der Waals surface area contributed by atoms with Crippen LogP contribution < -0.4 is 9.80 Å². The number of unbranched alkanes of at least 4 members (excludes halogenated alkanes) is 2. The van der Waals surface area contributed by atoms with Gasteiger partial charge in [-0.2, -0.15) is 0 Å². The second kappa shape index (κ2) is 17.7. The Hall–Kier alpha value is -5.08. The first-order valence-electron chi connectivity index (χ1n) is 24.1. The van der Waals surface area contributed by atoms with Gasteiger partial charge in [0, 0.05) is 39.5 Å². The van der Waals surface area contributed by atoms with Gasteiger partial charge in [-0.25, -0.2) is 0 Å². The molecule has 3 aliphatic rings. The van der Waals surface area contributed by atoms with E-state index in [1.165, 1.54) is 169 Å². The van der Waals surface area contributed by atoms with Crippen molar-refractivity contribution in [1.82, 2.24) is 0 Å². The molecule has 2 atom stereocenters. The molecule has 0 aromatic heterocycles. The summed E-state index contributed by atoms with van der Waals surface area (Å²) in [5.41, 5.74) is 22.0. The number of hydrogen-bond donors (Lipinski definition) is 0. The third kappa shape index (κ3) is 7.97. The van der Waals surface area contributed by atoms with Crippen molar-refractivity contribution >= 4 is 34.1 Å². The van der Waals surface area contributed by atoms with Gasteiger partial charge in [-0.1, -0.05) is 139 Å². The van der Waals surface area contributed by atoms with E-state index in [9.17, 15) is 0 Å². The van der Waals surface area contributed by atoms with Crippen LogP contribution in [0.5, 0.6) is 0 Å². The van der Waals surface area contributed by atoms with Crippen molar-refractivity contribution in [2.45, 2.75) is 137 Å². The quantitative estimate of drug-likeness (QED) is 0.0854. The molecule has 0 saturated carbocycles. The molecule has 0 aliphatic heterocycles. The monoisotopic (exact) mass is 805 g/mol. The van der Waals surface area contributed by atoms with Crippen molar-refractivity contribution in [1.29, 1.82) is 0 Å². The minimum atomic E-state index is -0.113. The molecule has 2 heteroatoms. The number of nitrogens with zero attached hydrogens (tertiary/aromatic N) is 2. The average Bonchev–Trinajstić information content (AvgIpc) is 3.51. The average molecular weight is 805 g/mol. The van der Waals surface area contributed by atoms with Crippen molar-refractivity contribution in [2.75, 3.05) is 9.80 Å². The molecule has 0 amide bonds. The highest BCUT2D eigenvalue weighted by Gasteiger charge is 2.46. The van der Waals surface area contributed by atoms with E-state index in [-0.39, 0.29) is 5.41 Å². The molecule has 0 spiro atoms. The molecule has 61 heavy (non-hydrogen) atoms. The molecule has 0 saturated heterocycles. The van der Waals surface area contributed by atoms with Gasteiger partial charge in [0.25, 0.3) is 0 Å². The van der Waals surface area contributed by atoms with E-state index in [0.29, 0.717) is 11.8 Å². The zero-order valence-electron chi connectivity index (χ0n) is 38.0. The molecule has 9 rings (SSSR count). The summed E-state index contributed by atoms with van der Waals surface area (Å²) < 4.78 is 0. The van der Waals surface area contributed by atoms with E-state index in [4.69, 9.17) is 0 Å². The first kappa shape index (κ1) is 41.3. The Morgan fingerprint density at radius 1 is 0.426 bits per heavy atom. The minimum Gasteiger partial charge on any atom is -0.310 e. The van der Waals surface area contributed by atoms with Crippen LogP contribution >= 0.6 is 0 Å². The highest BCUT2D eigenvalue weighted by molar-refractivity contribution is 5.89. The third-order valence-corrected chi connectivity index (χ3v) is 15.0. The summed E-state index contributed by atoms with van der Waals surface area (Å²) in [6.45, 7) is 14.0. The van der Waals surface area contributed by atoms with Gasteiger partial charge in [-0.3, -0.25) is 0 Å². The standard InChI is InChI=1S/C59H68N2/c1-7-11-13-43(9-3)39-59(40-44(10-4)14-12-8-2)57-37-53(60(49-25-15-41(5)16-26-49)51-29-23-45-19-21-47(45)35-51)31-33-55(57)56-34-32-54(38-58(56)59)61(50-27-17-42(6)18-28-50)52-30-24-46-20-22-48(46)36-52/h15-18,23-38,43-44H,7-14,19-22,39-40H2,1-6H3. The van der Waals surface area contributed by atoms with Crippen LogP contribution in [0.1, 0.15) is 136 Å². The Kier molecular flexibility index (Phi) is 12.0. The molecule has 0 radical (unpaired) electrons. The predicted molar refractivity (Wildman–Crippen MR) is 262 cm³/mol. The predicted octanol–water partition coefficient (Wildman–Crippen LogP) is 16.9. The summed E-state index contributed by atoms with van der Waals surface area (Å²) in [5, 5.41) is 0. The zero-order chi connectivity index (χ0) is 42.1. The number of aryl methyl sites for hydroxylation is 6. The molecule has 0 N–H and O–H groups in total. The minimum absolute atomic E-state index is 0.113. The van der Waals surface area contributed by atoms with Crippen LogP contribution in [-0.2, 0) is 31.1 Å². The highest BCUT2D eigenvalue weighted by atomic mass is 15.1. The zero-order valence-corrected chi connectivity index (χ0v) is 38.0. The molecule has 3 aliphatic carbocycles. The summed E-state index contributed by atoms with van der Waals surface area (Å²) in [6, 6.07) is 48.0. The second-order valence-electron chi connectivity index (χ2n) is 19.0. The fraction of sp³-hybridized carbons (Fsp3) is 0.390. The smallest absolute Gasteiger partial charge is 0.0465 e. The maximum absolute atomic E-state index is 2.65. The fourth-order valence-corrected chi connectivity index (χ4v) is 11.1. The molecular weight excluding hydrogens is 737 g/mol. The van der Waals surface area contributed by atoms with Gasteiger partial charge in [-0.05, 0) is 182 Å². The van der Waals surface area contributed by atoms with Crippen molar-refractivity contribution in [3.63, 3.8) is 0 Å². The summed E-state index contributed by atoms with van der Waals surface area (Å²) in [6.07, 6.45) is 17.2. The van der Waals surface area contributed by atoms with Crippen molar-refractivity contribution in [3.05, 3.63) is 166 Å². The Morgan fingerprint density at radius 3 is 1.13 bits per heavy atom. The van der Waals surface area contributed by atoms with E-state index < -0.39 is 0 Å². The van der Waals surface area contributed by atoms with Crippen LogP contribution in [0.4, 0.5) is 34.1 Å².